The molecule has 0 aliphatic carbocycles. The largest absolute Gasteiger partial charge is 0.353 e. The van der Waals surface area contributed by atoms with Gasteiger partial charge in [-0.25, -0.2) is 0 Å². The second-order valence-corrected chi connectivity index (χ2v) is 6.54. The molecule has 3 amide bonds. The third-order valence-corrected chi connectivity index (χ3v) is 5.11. The van der Waals surface area contributed by atoms with E-state index in [0.29, 0.717) is 23.7 Å². The average Bonchev–Trinajstić information content (AvgIpc) is 2.86. The Morgan fingerprint density at radius 2 is 1.67 bits per heavy atom. The number of amides is 3. The normalized spacial score (nSPS) is 28.2. The van der Waals surface area contributed by atoms with Crippen LogP contribution in [0.25, 0.3) is 0 Å². The van der Waals surface area contributed by atoms with Crippen LogP contribution in [0.2, 0.25) is 0 Å². The van der Waals surface area contributed by atoms with Crippen molar-refractivity contribution in [3.63, 3.8) is 0 Å². The molecule has 1 unspecified atom stereocenters. The number of piperazine rings is 3. The first kappa shape index (κ1) is 15.3. The number of benzene rings is 1. The van der Waals surface area contributed by atoms with Gasteiger partial charge < -0.3 is 5.32 Å². The molecule has 0 spiro atoms. The zero-order valence-electron chi connectivity index (χ0n) is 13.4. The maximum absolute atomic E-state index is 12.3. The Morgan fingerprint density at radius 1 is 1.04 bits per heavy atom. The summed E-state index contributed by atoms with van der Waals surface area (Å²) in [6, 6.07) is 6.99. The van der Waals surface area contributed by atoms with Gasteiger partial charge in [-0.05, 0) is 12.1 Å². The Hall–Kier alpha value is -2.25. The minimum atomic E-state index is -0.391. The van der Waals surface area contributed by atoms with E-state index in [9.17, 15) is 14.4 Å². The number of carbonyl (C=O) groups is 3. The molecule has 3 fully saturated rings. The minimum absolute atomic E-state index is 0.219. The van der Waals surface area contributed by atoms with Crippen LogP contribution in [0.4, 0.5) is 0 Å². The fraction of sp³-hybridized carbons (Fsp3) is 0.471. The van der Waals surface area contributed by atoms with Gasteiger partial charge in [0.15, 0.2) is 0 Å². The lowest BCUT2D eigenvalue weighted by molar-refractivity contribution is -0.122. The number of hydrogen-bond donors (Lipinski definition) is 1. The molecule has 2 bridgehead atoms. The van der Waals surface area contributed by atoms with Crippen molar-refractivity contribution in [2.24, 2.45) is 0 Å². The van der Waals surface area contributed by atoms with Crippen molar-refractivity contribution in [2.75, 3.05) is 45.8 Å². The fourth-order valence-corrected chi connectivity index (χ4v) is 3.73. The number of nitrogens with zero attached hydrogens (tertiary/aromatic N) is 3. The first-order valence-corrected chi connectivity index (χ1v) is 8.32. The summed E-state index contributed by atoms with van der Waals surface area (Å²) in [5, 5.41) is 2.88. The van der Waals surface area contributed by atoms with E-state index in [0.717, 1.165) is 37.6 Å². The molecule has 0 aromatic heterocycles. The Labute approximate surface area is 140 Å². The molecule has 5 rings (SSSR count). The molecule has 4 aliphatic rings. The molecular formula is C17H20N4O3. The van der Waals surface area contributed by atoms with E-state index in [1.54, 1.807) is 24.3 Å². The van der Waals surface area contributed by atoms with Crippen LogP contribution in [-0.2, 0) is 4.79 Å². The van der Waals surface area contributed by atoms with E-state index in [1.807, 2.05) is 0 Å². The summed E-state index contributed by atoms with van der Waals surface area (Å²) in [6.45, 7) is 5.57. The SMILES string of the molecule is O=C(CN1C(=O)c2ccccc2C1=O)NCC1CN2CCN1CC2. The molecule has 24 heavy (non-hydrogen) atoms. The number of imide groups is 1. The second-order valence-electron chi connectivity index (χ2n) is 6.54. The van der Waals surface area contributed by atoms with Crippen molar-refractivity contribution >= 4 is 17.7 Å². The summed E-state index contributed by atoms with van der Waals surface area (Å²) in [5.74, 6) is -1.07. The summed E-state index contributed by atoms with van der Waals surface area (Å²) < 4.78 is 0. The van der Waals surface area contributed by atoms with Crippen LogP contribution in [0.1, 0.15) is 20.7 Å². The lowest BCUT2D eigenvalue weighted by atomic mass is 10.1. The van der Waals surface area contributed by atoms with Crippen LogP contribution in [0.3, 0.4) is 0 Å². The summed E-state index contributed by atoms with van der Waals surface area (Å²) in [5.41, 5.74) is 0.748. The van der Waals surface area contributed by atoms with Crippen molar-refractivity contribution in [1.82, 2.24) is 20.0 Å². The minimum Gasteiger partial charge on any atom is -0.353 e. The number of rotatable bonds is 4. The molecule has 1 aromatic rings. The highest BCUT2D eigenvalue weighted by atomic mass is 16.2. The number of nitrogens with one attached hydrogen (secondary N) is 1. The zero-order valence-corrected chi connectivity index (χ0v) is 13.4. The van der Waals surface area contributed by atoms with E-state index < -0.39 is 11.8 Å². The van der Waals surface area contributed by atoms with Gasteiger partial charge in [0.2, 0.25) is 5.91 Å². The van der Waals surface area contributed by atoms with Gasteiger partial charge in [0.05, 0.1) is 11.1 Å². The maximum Gasteiger partial charge on any atom is 0.262 e. The van der Waals surface area contributed by atoms with Gasteiger partial charge in [-0.2, -0.15) is 0 Å². The molecule has 126 valence electrons. The lowest BCUT2D eigenvalue weighted by Crippen LogP contribution is -2.63. The predicted molar refractivity (Wildman–Crippen MR) is 86.6 cm³/mol. The summed E-state index contributed by atoms with van der Waals surface area (Å²) in [4.78, 5) is 42.5. The highest BCUT2D eigenvalue weighted by molar-refractivity contribution is 6.22. The summed E-state index contributed by atoms with van der Waals surface area (Å²) in [6.07, 6.45) is 0. The van der Waals surface area contributed by atoms with Crippen molar-refractivity contribution in [2.45, 2.75) is 6.04 Å². The quantitative estimate of drug-likeness (QED) is 0.747. The van der Waals surface area contributed by atoms with Gasteiger partial charge in [-0.3, -0.25) is 29.1 Å². The molecule has 0 radical (unpaired) electrons. The topological polar surface area (TPSA) is 73.0 Å². The molecule has 1 N–H and O–H groups in total. The summed E-state index contributed by atoms with van der Waals surface area (Å²) >= 11 is 0. The van der Waals surface area contributed by atoms with E-state index >= 15 is 0 Å². The number of carbonyl (C=O) groups excluding carboxylic acids is 3. The van der Waals surface area contributed by atoms with Gasteiger partial charge in [-0.15, -0.1) is 0 Å². The van der Waals surface area contributed by atoms with E-state index in [-0.39, 0.29) is 12.5 Å². The number of fused-ring (bicyclic) bond motifs is 4. The lowest BCUT2D eigenvalue weighted by Gasteiger charge is -2.47. The average molecular weight is 328 g/mol. The highest BCUT2D eigenvalue weighted by Gasteiger charge is 2.36. The Morgan fingerprint density at radius 3 is 2.21 bits per heavy atom. The van der Waals surface area contributed by atoms with Gasteiger partial charge in [0.25, 0.3) is 11.8 Å². The van der Waals surface area contributed by atoms with Crippen LogP contribution >= 0.6 is 0 Å². The van der Waals surface area contributed by atoms with Crippen LogP contribution < -0.4 is 5.32 Å². The van der Waals surface area contributed by atoms with Crippen LogP contribution in [-0.4, -0.2) is 84.3 Å². The Kier molecular flexibility index (Phi) is 3.82. The maximum atomic E-state index is 12.3. The Bertz CT molecular complexity index is 662. The highest BCUT2D eigenvalue weighted by Crippen LogP contribution is 2.22. The molecule has 1 aromatic carbocycles. The molecule has 3 saturated heterocycles. The second kappa shape index (κ2) is 5.99. The van der Waals surface area contributed by atoms with Crippen LogP contribution in [0.5, 0.6) is 0 Å². The molecule has 4 aliphatic heterocycles. The third-order valence-electron chi connectivity index (χ3n) is 5.11. The van der Waals surface area contributed by atoms with Crippen molar-refractivity contribution < 1.29 is 14.4 Å². The molecule has 7 nitrogen and oxygen atoms in total. The van der Waals surface area contributed by atoms with Gasteiger partial charge in [-0.1, -0.05) is 12.1 Å². The van der Waals surface area contributed by atoms with E-state index in [4.69, 9.17) is 0 Å². The van der Waals surface area contributed by atoms with Gasteiger partial charge in [0, 0.05) is 45.3 Å². The smallest absolute Gasteiger partial charge is 0.262 e. The van der Waals surface area contributed by atoms with Crippen LogP contribution in [0, 0.1) is 0 Å². The predicted octanol–water partition coefficient (Wildman–Crippen LogP) is -0.601. The molecule has 1 atom stereocenters. The van der Waals surface area contributed by atoms with E-state index in [1.165, 1.54) is 0 Å². The first-order valence-electron chi connectivity index (χ1n) is 8.32. The number of hydrogen-bond acceptors (Lipinski definition) is 5. The first-order chi connectivity index (χ1) is 11.6. The van der Waals surface area contributed by atoms with Crippen molar-refractivity contribution in [1.29, 1.82) is 0 Å². The monoisotopic (exact) mass is 328 g/mol. The zero-order chi connectivity index (χ0) is 16.7. The van der Waals surface area contributed by atoms with Crippen LogP contribution in [0.15, 0.2) is 24.3 Å². The fourth-order valence-electron chi connectivity index (χ4n) is 3.73. The molecule has 0 saturated carbocycles. The molecule has 7 heteroatoms. The molecular weight excluding hydrogens is 308 g/mol. The van der Waals surface area contributed by atoms with Crippen molar-refractivity contribution in [3.05, 3.63) is 35.4 Å². The van der Waals surface area contributed by atoms with E-state index in [2.05, 4.69) is 15.1 Å². The van der Waals surface area contributed by atoms with Gasteiger partial charge in [0.1, 0.15) is 6.54 Å². The summed E-state index contributed by atoms with van der Waals surface area (Å²) in [7, 11) is 0. The van der Waals surface area contributed by atoms with Gasteiger partial charge >= 0.3 is 0 Å². The standard InChI is InChI=1S/C17H20N4O3/c22-15(18-9-12-10-19-5-7-20(12)8-6-19)11-21-16(23)13-3-1-2-4-14(13)17(21)24/h1-4,12H,5-11H2,(H,18,22). The molecule has 4 heterocycles. The third kappa shape index (κ3) is 2.59. The Balaban J connectivity index is 1.34. The van der Waals surface area contributed by atoms with Crippen molar-refractivity contribution in [3.8, 4) is 0 Å².